The number of urea groups is 1. The van der Waals surface area contributed by atoms with Crippen LogP contribution in [0.2, 0.25) is 0 Å². The van der Waals surface area contributed by atoms with Gasteiger partial charge in [0.25, 0.3) is 0 Å². The molecule has 0 radical (unpaired) electrons. The van der Waals surface area contributed by atoms with Gasteiger partial charge in [-0.1, -0.05) is 5.57 Å². The van der Waals surface area contributed by atoms with Crippen LogP contribution in [0.4, 0.5) is 24.4 Å². The fourth-order valence-corrected chi connectivity index (χ4v) is 4.38. The molecule has 4 rings (SSSR count). The fourth-order valence-electron chi connectivity index (χ4n) is 3.81. The number of amides is 2. The predicted molar refractivity (Wildman–Crippen MR) is 116 cm³/mol. The third-order valence-electron chi connectivity index (χ3n) is 5.71. The van der Waals surface area contributed by atoms with Crippen molar-refractivity contribution in [2.75, 3.05) is 43.6 Å². The van der Waals surface area contributed by atoms with Crippen molar-refractivity contribution in [2.24, 2.45) is 0 Å². The Balaban J connectivity index is 1.39. The molecule has 1 N–H and O–H groups in total. The Bertz CT molecular complexity index is 957. The number of hydrogen-bond acceptors (Lipinski definition) is 6. The van der Waals surface area contributed by atoms with Crippen molar-refractivity contribution in [1.82, 2.24) is 14.3 Å². The molecular formula is C21H25F2N5O2S. The molecule has 0 aliphatic carbocycles. The molecule has 31 heavy (non-hydrogen) atoms. The Morgan fingerprint density at radius 3 is 2.61 bits per heavy atom. The van der Waals surface area contributed by atoms with Crippen LogP contribution in [0.25, 0.3) is 6.08 Å². The van der Waals surface area contributed by atoms with Gasteiger partial charge >= 0.3 is 6.03 Å². The normalized spacial score (nSPS) is 18.9. The lowest BCUT2D eigenvalue weighted by molar-refractivity contribution is 0.193. The summed E-state index contributed by atoms with van der Waals surface area (Å²) in [4.78, 5) is 20.0. The lowest BCUT2D eigenvalue weighted by Crippen LogP contribution is -2.39. The minimum absolute atomic E-state index is 0.0305. The molecule has 3 heterocycles. The number of ether oxygens (including phenoxy) is 1. The van der Waals surface area contributed by atoms with Crippen molar-refractivity contribution in [1.29, 1.82) is 0 Å². The van der Waals surface area contributed by atoms with Gasteiger partial charge in [0.1, 0.15) is 17.5 Å². The summed E-state index contributed by atoms with van der Waals surface area (Å²) >= 11 is 1.13. The van der Waals surface area contributed by atoms with Crippen molar-refractivity contribution in [3.05, 3.63) is 40.7 Å². The number of aryl methyl sites for hydroxylation is 1. The molecule has 2 aliphatic rings. The van der Waals surface area contributed by atoms with Gasteiger partial charge in [0, 0.05) is 49.5 Å². The van der Waals surface area contributed by atoms with E-state index in [0.29, 0.717) is 55.8 Å². The van der Waals surface area contributed by atoms with E-state index < -0.39 is 11.6 Å². The number of hydrogen-bond donors (Lipinski definition) is 1. The van der Waals surface area contributed by atoms with Crippen LogP contribution in [0, 0.1) is 18.6 Å². The molecule has 0 spiro atoms. The first-order chi connectivity index (χ1) is 14.9. The summed E-state index contributed by atoms with van der Waals surface area (Å²) in [6.45, 7) is 3.94. The summed E-state index contributed by atoms with van der Waals surface area (Å²) in [5, 5.41) is 3.19. The second-order valence-corrected chi connectivity index (χ2v) is 8.57. The minimum Gasteiger partial charge on any atom is -0.379 e. The Kier molecular flexibility index (Phi) is 6.47. The Hall–Kier alpha value is -2.59. The summed E-state index contributed by atoms with van der Waals surface area (Å²) < 4.78 is 38.9. The zero-order chi connectivity index (χ0) is 22.0. The smallest absolute Gasteiger partial charge is 0.323 e. The molecule has 2 saturated heterocycles. The van der Waals surface area contributed by atoms with E-state index in [-0.39, 0.29) is 17.6 Å². The zero-order valence-electron chi connectivity index (χ0n) is 17.5. The Morgan fingerprint density at radius 1 is 1.32 bits per heavy atom. The third-order valence-corrected chi connectivity index (χ3v) is 6.43. The van der Waals surface area contributed by atoms with E-state index in [2.05, 4.69) is 14.7 Å². The summed E-state index contributed by atoms with van der Waals surface area (Å²) in [6.07, 6.45) is 3.54. The molecule has 2 amide bonds. The summed E-state index contributed by atoms with van der Waals surface area (Å²) in [6, 6.07) is 2.64. The van der Waals surface area contributed by atoms with Crippen molar-refractivity contribution in [2.45, 2.75) is 32.2 Å². The average molecular weight is 450 g/mol. The number of benzene rings is 1. The summed E-state index contributed by atoms with van der Waals surface area (Å²) in [5.74, 6) is -0.554. The van der Waals surface area contributed by atoms with Crippen LogP contribution < -0.4 is 10.2 Å². The number of aromatic nitrogens is 2. The highest BCUT2D eigenvalue weighted by atomic mass is 32.1. The molecular weight excluding hydrogens is 424 g/mol. The highest BCUT2D eigenvalue weighted by molar-refractivity contribution is 7.09. The van der Waals surface area contributed by atoms with Crippen molar-refractivity contribution < 1.29 is 18.3 Å². The fraction of sp³-hybridized carbons (Fsp3) is 0.476. The van der Waals surface area contributed by atoms with Crippen LogP contribution in [-0.4, -0.2) is 59.7 Å². The molecule has 10 heteroatoms. The number of nitrogens with zero attached hydrogens (tertiary/aromatic N) is 4. The number of likely N-dealkylation sites (tertiary alicyclic amines) is 1. The van der Waals surface area contributed by atoms with E-state index in [9.17, 15) is 13.6 Å². The van der Waals surface area contributed by atoms with Gasteiger partial charge in [-0.15, -0.1) is 0 Å². The quantitative estimate of drug-likeness (QED) is 0.762. The van der Waals surface area contributed by atoms with Gasteiger partial charge in [0.2, 0.25) is 5.13 Å². The molecule has 166 valence electrons. The van der Waals surface area contributed by atoms with Crippen LogP contribution in [0.5, 0.6) is 0 Å². The first-order valence-electron chi connectivity index (χ1n) is 10.3. The molecule has 2 aromatic rings. The second kappa shape index (κ2) is 9.27. The lowest BCUT2D eigenvalue weighted by atomic mass is 10.00. The molecule has 1 unspecified atom stereocenters. The van der Waals surface area contributed by atoms with E-state index in [0.717, 1.165) is 23.5 Å². The molecule has 1 aromatic heterocycles. The van der Waals surface area contributed by atoms with E-state index in [1.807, 2.05) is 11.9 Å². The number of carbonyl (C=O) groups is 1. The average Bonchev–Trinajstić information content (AvgIpc) is 3.42. The van der Waals surface area contributed by atoms with Crippen LogP contribution in [0.15, 0.2) is 17.7 Å². The highest BCUT2D eigenvalue weighted by Crippen LogP contribution is 2.28. The molecule has 2 aliphatic heterocycles. The van der Waals surface area contributed by atoms with E-state index >= 15 is 0 Å². The molecule has 1 aromatic carbocycles. The van der Waals surface area contributed by atoms with Gasteiger partial charge in [-0.2, -0.15) is 4.37 Å². The number of nitrogens with one attached hydrogen (secondary N) is 1. The molecule has 1 atom stereocenters. The standard InChI is InChI=1S/C21H25F2N5O2S/c1-13-24-20(31-26-13)25-21(29)28-6-3-14(4-7-28)9-17-18(22)10-16(11-19(17)23)27(2)15-5-8-30-12-15/h9-11,15H,3-8,12H2,1-2H3,(H,24,25,26,29). The van der Waals surface area contributed by atoms with Gasteiger partial charge < -0.3 is 14.5 Å². The molecule has 2 fully saturated rings. The van der Waals surface area contributed by atoms with Gasteiger partial charge in [0.05, 0.1) is 12.6 Å². The number of rotatable bonds is 4. The predicted octanol–water partition coefficient (Wildman–Crippen LogP) is 4.06. The molecule has 7 nitrogen and oxygen atoms in total. The maximum absolute atomic E-state index is 14.7. The first-order valence-corrected chi connectivity index (χ1v) is 11.0. The van der Waals surface area contributed by atoms with E-state index in [4.69, 9.17) is 4.74 Å². The van der Waals surface area contributed by atoms with Crippen molar-refractivity contribution >= 4 is 34.5 Å². The molecule has 0 bridgehead atoms. The Labute approximate surface area is 183 Å². The number of anilines is 2. The van der Waals surface area contributed by atoms with Gasteiger partial charge in [-0.05, 0) is 44.4 Å². The van der Waals surface area contributed by atoms with E-state index in [1.54, 1.807) is 17.9 Å². The monoisotopic (exact) mass is 449 g/mol. The summed E-state index contributed by atoms with van der Waals surface area (Å²) in [5.41, 5.74) is 1.39. The second-order valence-electron chi connectivity index (χ2n) is 7.82. The van der Waals surface area contributed by atoms with Gasteiger partial charge in [0.15, 0.2) is 0 Å². The van der Waals surface area contributed by atoms with Crippen LogP contribution >= 0.6 is 11.5 Å². The Morgan fingerprint density at radius 2 is 2.03 bits per heavy atom. The number of carbonyl (C=O) groups excluding carboxylic acids is 1. The topological polar surface area (TPSA) is 70.6 Å². The zero-order valence-corrected chi connectivity index (χ0v) is 18.3. The number of piperidine rings is 1. The van der Waals surface area contributed by atoms with Gasteiger partial charge in [-0.25, -0.2) is 18.6 Å². The first kappa shape index (κ1) is 21.6. The number of halogens is 2. The van der Waals surface area contributed by atoms with Gasteiger partial charge in [-0.3, -0.25) is 5.32 Å². The van der Waals surface area contributed by atoms with Crippen LogP contribution in [0.3, 0.4) is 0 Å². The SMILES string of the molecule is Cc1nsc(NC(=O)N2CCC(=Cc3c(F)cc(N(C)C4CCOC4)cc3F)CC2)n1. The largest absolute Gasteiger partial charge is 0.379 e. The highest BCUT2D eigenvalue weighted by Gasteiger charge is 2.24. The summed E-state index contributed by atoms with van der Waals surface area (Å²) in [7, 11) is 1.83. The maximum atomic E-state index is 14.7. The molecule has 0 saturated carbocycles. The number of likely N-dealkylation sites (N-methyl/N-ethyl adjacent to an activating group) is 1. The van der Waals surface area contributed by atoms with Crippen molar-refractivity contribution in [3.8, 4) is 0 Å². The maximum Gasteiger partial charge on any atom is 0.323 e. The van der Waals surface area contributed by atoms with Crippen LogP contribution in [-0.2, 0) is 4.74 Å². The van der Waals surface area contributed by atoms with Crippen molar-refractivity contribution in [3.63, 3.8) is 0 Å². The lowest BCUT2D eigenvalue weighted by Gasteiger charge is -2.28. The van der Waals surface area contributed by atoms with Crippen LogP contribution in [0.1, 0.15) is 30.7 Å². The minimum atomic E-state index is -0.583. The van der Waals surface area contributed by atoms with E-state index in [1.165, 1.54) is 12.1 Å². The third kappa shape index (κ3) is 5.01.